The summed E-state index contributed by atoms with van der Waals surface area (Å²) in [5.41, 5.74) is 0.953. The van der Waals surface area contributed by atoms with Crippen molar-refractivity contribution in [3.63, 3.8) is 0 Å². The maximum atomic E-state index is 12.1. The molecule has 1 unspecified atom stereocenters. The highest BCUT2D eigenvalue weighted by molar-refractivity contribution is 5.94. The van der Waals surface area contributed by atoms with E-state index in [-0.39, 0.29) is 24.4 Å². The summed E-state index contributed by atoms with van der Waals surface area (Å²) in [5, 5.41) is 6.86. The number of amides is 2. The number of nitrogens with one attached hydrogen (secondary N) is 1. The lowest BCUT2D eigenvalue weighted by Crippen LogP contribution is -2.57. The quantitative estimate of drug-likeness (QED) is 0.826. The second-order valence-electron chi connectivity index (χ2n) is 4.43. The summed E-state index contributed by atoms with van der Waals surface area (Å²) in [6.07, 6.45) is 4.26. The van der Waals surface area contributed by atoms with Crippen molar-refractivity contribution < 1.29 is 9.59 Å². The van der Waals surface area contributed by atoms with E-state index in [1.165, 1.54) is 0 Å². The summed E-state index contributed by atoms with van der Waals surface area (Å²) in [5.74, 6) is -0.106. The summed E-state index contributed by atoms with van der Waals surface area (Å²) < 4.78 is 1.81. The maximum Gasteiger partial charge on any atom is 0.245 e. The number of nitrogens with zero attached hydrogens (tertiary/aromatic N) is 3. The van der Waals surface area contributed by atoms with Crippen LogP contribution in [0.3, 0.4) is 0 Å². The molecule has 6 nitrogen and oxygen atoms in total. The minimum Gasteiger partial charge on any atom is -0.343 e. The smallest absolute Gasteiger partial charge is 0.245 e. The summed E-state index contributed by atoms with van der Waals surface area (Å²) >= 11 is 0. The molecule has 1 aliphatic heterocycles. The van der Waals surface area contributed by atoms with E-state index in [0.29, 0.717) is 13.0 Å². The number of hydrogen-bond donors (Lipinski definition) is 1. The summed E-state index contributed by atoms with van der Waals surface area (Å²) in [7, 11) is 0. The molecule has 1 fully saturated rings. The molecule has 1 N–H and O–H groups in total. The molecule has 98 valence electrons. The van der Waals surface area contributed by atoms with E-state index >= 15 is 0 Å². The van der Waals surface area contributed by atoms with Crippen molar-refractivity contribution in [2.75, 3.05) is 6.54 Å². The van der Waals surface area contributed by atoms with E-state index in [4.69, 9.17) is 0 Å². The third-order valence-electron chi connectivity index (χ3n) is 3.07. The zero-order chi connectivity index (χ0) is 13.1. The van der Waals surface area contributed by atoms with E-state index in [1.807, 2.05) is 20.0 Å². The second-order valence-corrected chi connectivity index (χ2v) is 4.43. The average Bonchev–Trinajstić information content (AvgIpc) is 2.81. The molecule has 1 aromatic heterocycles. The lowest BCUT2D eigenvalue weighted by molar-refractivity contribution is -0.144. The Balaban J connectivity index is 2.07. The van der Waals surface area contributed by atoms with Crippen LogP contribution in [-0.4, -0.2) is 39.1 Å². The van der Waals surface area contributed by atoms with Gasteiger partial charge in [-0.05, 0) is 13.3 Å². The van der Waals surface area contributed by atoms with Crippen LogP contribution in [0.1, 0.15) is 25.8 Å². The van der Waals surface area contributed by atoms with Gasteiger partial charge in [0.1, 0.15) is 6.04 Å². The van der Waals surface area contributed by atoms with Gasteiger partial charge in [-0.15, -0.1) is 0 Å². The van der Waals surface area contributed by atoms with Gasteiger partial charge in [-0.1, -0.05) is 6.92 Å². The highest BCUT2D eigenvalue weighted by Gasteiger charge is 2.31. The Bertz CT molecular complexity index is 455. The van der Waals surface area contributed by atoms with Crippen molar-refractivity contribution >= 4 is 11.8 Å². The first kappa shape index (κ1) is 12.6. The summed E-state index contributed by atoms with van der Waals surface area (Å²) in [6, 6.07) is -0.382. The van der Waals surface area contributed by atoms with E-state index in [1.54, 1.807) is 15.8 Å². The first-order valence-corrected chi connectivity index (χ1v) is 6.23. The molecule has 0 radical (unpaired) electrons. The van der Waals surface area contributed by atoms with Crippen LogP contribution in [0.15, 0.2) is 12.4 Å². The minimum absolute atomic E-state index is 0.0126. The molecule has 0 bridgehead atoms. The topological polar surface area (TPSA) is 67.2 Å². The molecule has 18 heavy (non-hydrogen) atoms. The standard InChI is InChI=1S/C12H18N4O2/c1-3-10-12(18)15(8-11(17)14-10)6-9-5-13-16(4-2)7-9/h5,7,10H,3-4,6,8H2,1-2H3,(H,14,17). The van der Waals surface area contributed by atoms with Gasteiger partial charge in [0.15, 0.2) is 0 Å². The van der Waals surface area contributed by atoms with Crippen LogP contribution in [0.4, 0.5) is 0 Å². The van der Waals surface area contributed by atoms with E-state index in [0.717, 1.165) is 12.1 Å². The van der Waals surface area contributed by atoms with E-state index in [2.05, 4.69) is 10.4 Å². The number of piperazine rings is 1. The molecule has 1 aliphatic rings. The van der Waals surface area contributed by atoms with Crippen LogP contribution >= 0.6 is 0 Å². The van der Waals surface area contributed by atoms with Gasteiger partial charge in [0, 0.05) is 24.8 Å². The van der Waals surface area contributed by atoms with Crippen LogP contribution in [0.2, 0.25) is 0 Å². The Labute approximate surface area is 106 Å². The zero-order valence-corrected chi connectivity index (χ0v) is 10.7. The Morgan fingerprint density at radius 1 is 1.44 bits per heavy atom. The first-order chi connectivity index (χ1) is 8.63. The van der Waals surface area contributed by atoms with Gasteiger partial charge in [0.2, 0.25) is 11.8 Å². The Hall–Kier alpha value is -1.85. The highest BCUT2D eigenvalue weighted by atomic mass is 16.2. The third-order valence-corrected chi connectivity index (χ3v) is 3.07. The fourth-order valence-corrected chi connectivity index (χ4v) is 2.07. The number of hydrogen-bond acceptors (Lipinski definition) is 3. The first-order valence-electron chi connectivity index (χ1n) is 6.23. The monoisotopic (exact) mass is 250 g/mol. The Kier molecular flexibility index (Phi) is 3.64. The van der Waals surface area contributed by atoms with Gasteiger partial charge in [-0.3, -0.25) is 14.3 Å². The van der Waals surface area contributed by atoms with Gasteiger partial charge >= 0.3 is 0 Å². The molecule has 1 aromatic rings. The van der Waals surface area contributed by atoms with Crippen molar-refractivity contribution in [1.29, 1.82) is 0 Å². The van der Waals surface area contributed by atoms with Crippen molar-refractivity contribution in [1.82, 2.24) is 20.0 Å². The summed E-state index contributed by atoms with van der Waals surface area (Å²) in [6.45, 7) is 5.27. The van der Waals surface area contributed by atoms with Crippen molar-refractivity contribution in [3.05, 3.63) is 18.0 Å². The third kappa shape index (κ3) is 2.52. The van der Waals surface area contributed by atoms with Crippen LogP contribution in [0.25, 0.3) is 0 Å². The number of carbonyl (C=O) groups is 2. The predicted molar refractivity (Wildman–Crippen MR) is 65.5 cm³/mol. The summed E-state index contributed by atoms with van der Waals surface area (Å²) in [4.78, 5) is 25.2. The molecule has 0 aliphatic carbocycles. The maximum absolute atomic E-state index is 12.1. The van der Waals surface area contributed by atoms with Crippen LogP contribution < -0.4 is 5.32 Å². The molecule has 1 atom stereocenters. The molecule has 1 saturated heterocycles. The van der Waals surface area contributed by atoms with Crippen LogP contribution in [0.5, 0.6) is 0 Å². The fraction of sp³-hybridized carbons (Fsp3) is 0.583. The van der Waals surface area contributed by atoms with Crippen molar-refractivity contribution in [2.24, 2.45) is 0 Å². The Morgan fingerprint density at radius 2 is 2.22 bits per heavy atom. The van der Waals surface area contributed by atoms with Gasteiger partial charge in [-0.25, -0.2) is 0 Å². The van der Waals surface area contributed by atoms with Crippen LogP contribution in [-0.2, 0) is 22.7 Å². The van der Waals surface area contributed by atoms with Gasteiger partial charge in [-0.2, -0.15) is 5.10 Å². The molecule has 0 saturated carbocycles. The molecule has 0 spiro atoms. The van der Waals surface area contributed by atoms with Crippen LogP contribution in [0, 0.1) is 0 Å². The molecule has 0 aromatic carbocycles. The SMILES string of the molecule is CCC1NC(=O)CN(Cc2cnn(CC)c2)C1=O. The number of aryl methyl sites for hydroxylation is 1. The molecule has 2 amide bonds. The van der Waals surface area contributed by atoms with Gasteiger partial charge in [0.05, 0.1) is 12.7 Å². The average molecular weight is 250 g/mol. The lowest BCUT2D eigenvalue weighted by Gasteiger charge is -2.31. The van der Waals surface area contributed by atoms with E-state index < -0.39 is 0 Å². The number of rotatable bonds is 4. The molecule has 2 heterocycles. The van der Waals surface area contributed by atoms with Crippen molar-refractivity contribution in [2.45, 2.75) is 39.4 Å². The largest absolute Gasteiger partial charge is 0.343 e. The zero-order valence-electron chi connectivity index (χ0n) is 10.7. The number of carbonyl (C=O) groups excluding carboxylic acids is 2. The molecule has 2 rings (SSSR count). The van der Waals surface area contributed by atoms with Gasteiger partial charge < -0.3 is 10.2 Å². The second kappa shape index (κ2) is 5.20. The Morgan fingerprint density at radius 3 is 2.83 bits per heavy atom. The molecule has 6 heteroatoms. The normalized spacial score (nSPS) is 20.1. The fourth-order valence-electron chi connectivity index (χ4n) is 2.07. The highest BCUT2D eigenvalue weighted by Crippen LogP contribution is 2.10. The van der Waals surface area contributed by atoms with E-state index in [9.17, 15) is 9.59 Å². The molecular weight excluding hydrogens is 232 g/mol. The lowest BCUT2D eigenvalue weighted by atomic mass is 10.1. The minimum atomic E-state index is -0.382. The molecular formula is C12H18N4O2. The van der Waals surface area contributed by atoms with Crippen molar-refractivity contribution in [3.8, 4) is 0 Å². The van der Waals surface area contributed by atoms with Gasteiger partial charge in [0.25, 0.3) is 0 Å². The predicted octanol–water partition coefficient (Wildman–Crippen LogP) is 0.140. The number of aromatic nitrogens is 2.